The summed E-state index contributed by atoms with van der Waals surface area (Å²) in [6, 6.07) is 14.7. The van der Waals surface area contributed by atoms with Gasteiger partial charge in [0.1, 0.15) is 6.17 Å². The van der Waals surface area contributed by atoms with Gasteiger partial charge in [0.25, 0.3) is 5.91 Å². The molecule has 138 valence electrons. The van der Waals surface area contributed by atoms with E-state index in [9.17, 15) is 4.79 Å². The van der Waals surface area contributed by atoms with Crippen LogP contribution in [0.3, 0.4) is 0 Å². The first kappa shape index (κ1) is 20.8. The van der Waals surface area contributed by atoms with Crippen molar-refractivity contribution in [3.63, 3.8) is 0 Å². The Morgan fingerprint density at radius 2 is 1.73 bits per heavy atom. The smallest absolute Gasteiger partial charge is 0.252 e. The molecule has 2 aromatic rings. The van der Waals surface area contributed by atoms with Crippen LogP contribution in [-0.2, 0) is 0 Å². The molecule has 0 saturated heterocycles. The first-order valence-electron chi connectivity index (χ1n) is 7.74. The van der Waals surface area contributed by atoms with Gasteiger partial charge in [-0.05, 0) is 49.8 Å². The minimum absolute atomic E-state index is 0.222. The maximum Gasteiger partial charge on any atom is 0.252 e. The molecule has 0 unspecified atom stereocenters. The number of anilines is 1. The van der Waals surface area contributed by atoms with Gasteiger partial charge in [0.15, 0.2) is 5.11 Å². The zero-order valence-electron chi connectivity index (χ0n) is 14.1. The van der Waals surface area contributed by atoms with Gasteiger partial charge in [0, 0.05) is 11.3 Å². The second-order valence-electron chi connectivity index (χ2n) is 5.73. The monoisotopic (exact) mass is 429 g/mol. The molecule has 0 aliphatic carbocycles. The van der Waals surface area contributed by atoms with Gasteiger partial charge in [-0.1, -0.05) is 70.7 Å². The molecule has 2 aromatic carbocycles. The van der Waals surface area contributed by atoms with E-state index < -0.39 is 9.96 Å². The van der Waals surface area contributed by atoms with E-state index in [4.69, 9.17) is 47.0 Å². The summed E-state index contributed by atoms with van der Waals surface area (Å²) >= 11 is 23.3. The standard InChI is InChI=1S/C18H18Cl3N3OS/c1-11-6-5-8-13(10-11)15(25)23-16(18(19,20)21)24-17(26)22-14-9-4-3-7-12(14)2/h3-10,16H,1-2H3,(H,23,25)(H2,22,24,26)/t16-/m0/s1. The minimum atomic E-state index is -1.81. The summed E-state index contributed by atoms with van der Waals surface area (Å²) in [5.74, 6) is -0.379. The van der Waals surface area contributed by atoms with Crippen molar-refractivity contribution in [2.75, 3.05) is 5.32 Å². The normalized spacial score (nSPS) is 12.2. The van der Waals surface area contributed by atoms with E-state index in [0.29, 0.717) is 5.56 Å². The van der Waals surface area contributed by atoms with Gasteiger partial charge in [-0.3, -0.25) is 4.79 Å². The van der Waals surface area contributed by atoms with Crippen LogP contribution in [0.5, 0.6) is 0 Å². The van der Waals surface area contributed by atoms with E-state index in [1.807, 2.05) is 44.2 Å². The zero-order valence-corrected chi connectivity index (χ0v) is 17.2. The van der Waals surface area contributed by atoms with E-state index in [1.165, 1.54) is 0 Å². The van der Waals surface area contributed by atoms with Crippen molar-refractivity contribution >= 4 is 63.7 Å². The highest BCUT2D eigenvalue weighted by Crippen LogP contribution is 2.29. The number of hydrogen-bond donors (Lipinski definition) is 3. The van der Waals surface area contributed by atoms with Crippen LogP contribution in [0.25, 0.3) is 0 Å². The molecule has 0 radical (unpaired) electrons. The van der Waals surface area contributed by atoms with Crippen molar-refractivity contribution in [2.45, 2.75) is 23.8 Å². The number of benzene rings is 2. The Balaban J connectivity index is 2.09. The van der Waals surface area contributed by atoms with Crippen LogP contribution >= 0.6 is 47.0 Å². The van der Waals surface area contributed by atoms with Crippen LogP contribution in [0.2, 0.25) is 0 Å². The largest absolute Gasteiger partial charge is 0.339 e. The number of hydrogen-bond acceptors (Lipinski definition) is 2. The lowest BCUT2D eigenvalue weighted by molar-refractivity contribution is 0.0934. The zero-order chi connectivity index (χ0) is 19.3. The molecule has 0 aromatic heterocycles. The molecule has 0 aliphatic rings. The molecule has 3 N–H and O–H groups in total. The fraction of sp³-hybridized carbons (Fsp3) is 0.222. The van der Waals surface area contributed by atoms with Gasteiger partial charge in [-0.2, -0.15) is 0 Å². The van der Waals surface area contributed by atoms with Gasteiger partial charge in [-0.25, -0.2) is 0 Å². The number of carbonyl (C=O) groups excluding carboxylic acids is 1. The average Bonchev–Trinajstić information content (AvgIpc) is 2.55. The fourth-order valence-corrected chi connectivity index (χ4v) is 2.76. The van der Waals surface area contributed by atoms with Crippen molar-refractivity contribution in [1.82, 2.24) is 10.6 Å². The molecule has 4 nitrogen and oxygen atoms in total. The third kappa shape index (κ3) is 6.02. The maximum atomic E-state index is 12.5. The number of halogens is 3. The van der Waals surface area contributed by atoms with Crippen molar-refractivity contribution in [3.8, 4) is 0 Å². The molecule has 0 saturated carbocycles. The highest BCUT2D eigenvalue weighted by atomic mass is 35.6. The Labute approximate surface area is 173 Å². The molecule has 0 bridgehead atoms. The molecular formula is C18H18Cl3N3OS. The molecular weight excluding hydrogens is 413 g/mol. The van der Waals surface area contributed by atoms with Gasteiger partial charge in [0.2, 0.25) is 3.79 Å². The number of rotatable bonds is 4. The molecule has 2 rings (SSSR count). The summed E-state index contributed by atoms with van der Waals surface area (Å²) in [6.07, 6.45) is -1.02. The number of amides is 1. The summed E-state index contributed by atoms with van der Waals surface area (Å²) in [5, 5.41) is 8.75. The lowest BCUT2D eigenvalue weighted by Gasteiger charge is -2.28. The molecule has 0 heterocycles. The van der Waals surface area contributed by atoms with Crippen LogP contribution < -0.4 is 16.0 Å². The van der Waals surface area contributed by atoms with E-state index in [0.717, 1.165) is 16.8 Å². The molecule has 0 spiro atoms. The van der Waals surface area contributed by atoms with Crippen molar-refractivity contribution < 1.29 is 4.79 Å². The van der Waals surface area contributed by atoms with Crippen LogP contribution in [0.4, 0.5) is 5.69 Å². The first-order chi connectivity index (χ1) is 12.2. The lowest BCUT2D eigenvalue weighted by atomic mass is 10.1. The van der Waals surface area contributed by atoms with Crippen LogP contribution in [0, 0.1) is 13.8 Å². The SMILES string of the molecule is Cc1cccc(C(=O)N[C@@H](NC(=S)Nc2ccccc2C)C(Cl)(Cl)Cl)c1. The second-order valence-corrected chi connectivity index (χ2v) is 8.51. The Bertz CT molecular complexity index is 808. The molecule has 8 heteroatoms. The first-order valence-corrected chi connectivity index (χ1v) is 9.28. The lowest BCUT2D eigenvalue weighted by Crippen LogP contribution is -2.56. The van der Waals surface area contributed by atoms with Crippen molar-refractivity contribution in [3.05, 3.63) is 65.2 Å². The Kier molecular flexibility index (Phi) is 7.12. The number of para-hydroxylation sites is 1. The van der Waals surface area contributed by atoms with Crippen LogP contribution in [0.1, 0.15) is 21.5 Å². The van der Waals surface area contributed by atoms with Crippen LogP contribution in [0.15, 0.2) is 48.5 Å². The third-order valence-corrected chi connectivity index (χ3v) is 4.43. The molecule has 1 amide bonds. The van der Waals surface area contributed by atoms with E-state index >= 15 is 0 Å². The number of thiocarbonyl (C=S) groups is 1. The fourth-order valence-electron chi connectivity index (χ4n) is 2.20. The van der Waals surface area contributed by atoms with Gasteiger partial charge in [0.05, 0.1) is 0 Å². The molecule has 0 fully saturated rings. The van der Waals surface area contributed by atoms with E-state index in [1.54, 1.807) is 18.2 Å². The summed E-state index contributed by atoms with van der Waals surface area (Å²) in [4.78, 5) is 12.5. The average molecular weight is 431 g/mol. The Morgan fingerprint density at radius 3 is 2.35 bits per heavy atom. The highest BCUT2D eigenvalue weighted by molar-refractivity contribution is 7.80. The predicted octanol–water partition coefficient (Wildman–Crippen LogP) is 4.72. The Hall–Kier alpha value is -1.53. The van der Waals surface area contributed by atoms with Gasteiger partial charge in [-0.15, -0.1) is 0 Å². The predicted molar refractivity (Wildman–Crippen MR) is 113 cm³/mol. The molecule has 1 atom stereocenters. The molecule has 26 heavy (non-hydrogen) atoms. The van der Waals surface area contributed by atoms with Crippen molar-refractivity contribution in [2.24, 2.45) is 0 Å². The number of alkyl halides is 3. The van der Waals surface area contributed by atoms with Crippen LogP contribution in [-0.4, -0.2) is 21.0 Å². The molecule has 0 aliphatic heterocycles. The highest BCUT2D eigenvalue weighted by Gasteiger charge is 2.34. The quantitative estimate of drug-likeness (QED) is 0.373. The Morgan fingerprint density at radius 1 is 1.04 bits per heavy atom. The van der Waals surface area contributed by atoms with Gasteiger partial charge < -0.3 is 16.0 Å². The van der Waals surface area contributed by atoms with E-state index in [2.05, 4.69) is 16.0 Å². The third-order valence-electron chi connectivity index (χ3n) is 3.55. The number of carbonyl (C=O) groups is 1. The maximum absolute atomic E-state index is 12.5. The summed E-state index contributed by atoms with van der Waals surface area (Å²) in [6.45, 7) is 3.83. The van der Waals surface area contributed by atoms with Gasteiger partial charge >= 0.3 is 0 Å². The van der Waals surface area contributed by atoms with Crippen molar-refractivity contribution in [1.29, 1.82) is 0 Å². The summed E-state index contributed by atoms with van der Waals surface area (Å²) in [7, 11) is 0. The summed E-state index contributed by atoms with van der Waals surface area (Å²) in [5.41, 5.74) is 3.24. The second kappa shape index (κ2) is 8.91. The summed E-state index contributed by atoms with van der Waals surface area (Å²) < 4.78 is -1.81. The van der Waals surface area contributed by atoms with E-state index in [-0.39, 0.29) is 11.0 Å². The minimum Gasteiger partial charge on any atom is -0.339 e. The number of nitrogens with one attached hydrogen (secondary N) is 3. The topological polar surface area (TPSA) is 53.2 Å². The number of aryl methyl sites for hydroxylation is 2.